The molecule has 0 unspecified atom stereocenters. The third kappa shape index (κ3) is 4.28. The number of esters is 1. The zero-order chi connectivity index (χ0) is 11.8. The maximum Gasteiger partial charge on any atom is 0.330 e. The van der Waals surface area contributed by atoms with Crippen LogP contribution in [0.5, 0.6) is 0 Å². The van der Waals surface area contributed by atoms with Gasteiger partial charge in [0, 0.05) is 12.6 Å². The van der Waals surface area contributed by atoms with Crippen molar-refractivity contribution in [3.63, 3.8) is 0 Å². The second kappa shape index (κ2) is 6.80. The molecule has 0 spiro atoms. The molecule has 16 heavy (non-hydrogen) atoms. The van der Waals surface area contributed by atoms with Crippen LogP contribution in [-0.4, -0.2) is 12.6 Å². The van der Waals surface area contributed by atoms with Crippen LogP contribution in [0.4, 0.5) is 0 Å². The van der Waals surface area contributed by atoms with E-state index in [9.17, 15) is 4.79 Å². The van der Waals surface area contributed by atoms with Gasteiger partial charge in [-0.1, -0.05) is 30.8 Å². The van der Waals surface area contributed by atoms with Gasteiger partial charge in [0.2, 0.25) is 0 Å². The van der Waals surface area contributed by atoms with Crippen LogP contribution in [0, 0.1) is 0 Å². The molecular formula is C13H17NO2. The van der Waals surface area contributed by atoms with Crippen molar-refractivity contribution in [2.24, 2.45) is 5.73 Å². The van der Waals surface area contributed by atoms with E-state index in [-0.39, 0.29) is 5.97 Å². The fraction of sp³-hybridized carbons (Fsp3) is 0.308. The number of hydrogen-bond acceptors (Lipinski definition) is 3. The minimum Gasteiger partial charge on any atom is -0.463 e. The Labute approximate surface area is 95.9 Å². The van der Waals surface area contributed by atoms with Gasteiger partial charge in [-0.15, -0.1) is 0 Å². The molecular weight excluding hydrogens is 202 g/mol. The molecule has 3 nitrogen and oxygen atoms in total. The van der Waals surface area contributed by atoms with Gasteiger partial charge >= 0.3 is 5.97 Å². The highest BCUT2D eigenvalue weighted by molar-refractivity contribution is 5.81. The summed E-state index contributed by atoms with van der Waals surface area (Å²) in [4.78, 5) is 10.8. The minimum absolute atomic E-state index is 0.365. The standard InChI is InChI=1S/C13H17NO2/c1-2-13(15)16-8-4-7-11-5-3-6-12(9-11)10-14/h2-3,5-6,9H,1,4,7-8,10,14H2. The molecule has 0 bridgehead atoms. The second-order valence-electron chi connectivity index (χ2n) is 3.50. The SMILES string of the molecule is C=CC(=O)OCCCc1cccc(CN)c1. The Kier molecular flexibility index (Phi) is 5.29. The Morgan fingerprint density at radius 1 is 1.44 bits per heavy atom. The molecule has 0 saturated heterocycles. The Bertz CT molecular complexity index is 361. The van der Waals surface area contributed by atoms with E-state index in [0.717, 1.165) is 18.4 Å². The number of benzene rings is 1. The van der Waals surface area contributed by atoms with E-state index in [1.165, 1.54) is 11.6 Å². The van der Waals surface area contributed by atoms with Crippen molar-refractivity contribution < 1.29 is 9.53 Å². The van der Waals surface area contributed by atoms with Gasteiger partial charge in [-0.05, 0) is 24.0 Å². The first-order valence-electron chi connectivity index (χ1n) is 5.33. The van der Waals surface area contributed by atoms with Crippen LogP contribution in [0.25, 0.3) is 0 Å². The van der Waals surface area contributed by atoms with Gasteiger partial charge in [0.05, 0.1) is 6.61 Å². The van der Waals surface area contributed by atoms with Crippen molar-refractivity contribution in [3.05, 3.63) is 48.0 Å². The summed E-state index contributed by atoms with van der Waals surface area (Å²) in [5.74, 6) is -0.365. The van der Waals surface area contributed by atoms with Crippen LogP contribution in [0.2, 0.25) is 0 Å². The molecule has 3 heteroatoms. The van der Waals surface area contributed by atoms with Crippen LogP contribution in [0.1, 0.15) is 17.5 Å². The van der Waals surface area contributed by atoms with Crippen LogP contribution in [0.3, 0.4) is 0 Å². The predicted molar refractivity (Wildman–Crippen MR) is 63.8 cm³/mol. The Hall–Kier alpha value is -1.61. The number of aryl methyl sites for hydroxylation is 1. The highest BCUT2D eigenvalue weighted by Crippen LogP contribution is 2.07. The molecule has 86 valence electrons. The first-order valence-corrected chi connectivity index (χ1v) is 5.33. The largest absolute Gasteiger partial charge is 0.463 e. The van der Waals surface area contributed by atoms with Gasteiger partial charge in [0.15, 0.2) is 0 Å². The zero-order valence-electron chi connectivity index (χ0n) is 9.32. The van der Waals surface area contributed by atoms with Crippen molar-refractivity contribution in [3.8, 4) is 0 Å². The van der Waals surface area contributed by atoms with Crippen LogP contribution < -0.4 is 5.73 Å². The molecule has 0 fully saturated rings. The summed E-state index contributed by atoms with van der Waals surface area (Å²) >= 11 is 0. The summed E-state index contributed by atoms with van der Waals surface area (Å²) < 4.78 is 4.89. The van der Waals surface area contributed by atoms with Crippen molar-refractivity contribution >= 4 is 5.97 Å². The third-order valence-corrected chi connectivity index (χ3v) is 2.25. The van der Waals surface area contributed by atoms with Crippen LogP contribution >= 0.6 is 0 Å². The molecule has 0 aromatic heterocycles. The topological polar surface area (TPSA) is 52.3 Å². The van der Waals surface area contributed by atoms with Gasteiger partial charge < -0.3 is 10.5 Å². The first-order chi connectivity index (χ1) is 7.76. The number of nitrogens with two attached hydrogens (primary N) is 1. The van der Waals surface area contributed by atoms with E-state index in [4.69, 9.17) is 10.5 Å². The van der Waals surface area contributed by atoms with Crippen molar-refractivity contribution in [2.45, 2.75) is 19.4 Å². The molecule has 1 rings (SSSR count). The van der Waals surface area contributed by atoms with E-state index in [2.05, 4.69) is 18.7 Å². The van der Waals surface area contributed by atoms with E-state index in [1.807, 2.05) is 12.1 Å². The number of carbonyl (C=O) groups excluding carboxylic acids is 1. The smallest absolute Gasteiger partial charge is 0.330 e. The minimum atomic E-state index is -0.365. The second-order valence-corrected chi connectivity index (χ2v) is 3.50. The van der Waals surface area contributed by atoms with Crippen molar-refractivity contribution in [1.82, 2.24) is 0 Å². The zero-order valence-corrected chi connectivity index (χ0v) is 9.32. The summed E-state index contributed by atoms with van der Waals surface area (Å²) in [6.45, 7) is 4.31. The lowest BCUT2D eigenvalue weighted by Crippen LogP contribution is -2.03. The summed E-state index contributed by atoms with van der Waals surface area (Å²) in [5.41, 5.74) is 7.90. The molecule has 0 radical (unpaired) electrons. The lowest BCUT2D eigenvalue weighted by molar-refractivity contribution is -0.137. The molecule has 1 aromatic carbocycles. The van der Waals surface area contributed by atoms with E-state index >= 15 is 0 Å². The summed E-state index contributed by atoms with van der Waals surface area (Å²) in [6.07, 6.45) is 2.88. The predicted octanol–water partition coefficient (Wildman–Crippen LogP) is 1.81. The Morgan fingerprint density at radius 3 is 2.88 bits per heavy atom. The van der Waals surface area contributed by atoms with Crippen LogP contribution in [-0.2, 0) is 22.5 Å². The lowest BCUT2D eigenvalue weighted by atomic mass is 10.1. The molecule has 0 saturated carbocycles. The number of rotatable bonds is 6. The van der Waals surface area contributed by atoms with Gasteiger partial charge in [0.1, 0.15) is 0 Å². The van der Waals surface area contributed by atoms with Crippen molar-refractivity contribution in [2.75, 3.05) is 6.61 Å². The fourth-order valence-corrected chi connectivity index (χ4v) is 1.42. The quantitative estimate of drug-likeness (QED) is 0.451. The molecule has 0 heterocycles. The van der Waals surface area contributed by atoms with Gasteiger partial charge in [-0.2, -0.15) is 0 Å². The summed E-state index contributed by atoms with van der Waals surface area (Å²) in [7, 11) is 0. The summed E-state index contributed by atoms with van der Waals surface area (Å²) in [6, 6.07) is 8.12. The first kappa shape index (κ1) is 12.5. The molecule has 0 aliphatic heterocycles. The Morgan fingerprint density at radius 2 is 2.19 bits per heavy atom. The number of ether oxygens (including phenoxy) is 1. The van der Waals surface area contributed by atoms with Gasteiger partial charge in [-0.25, -0.2) is 4.79 Å². The molecule has 0 aliphatic carbocycles. The average molecular weight is 219 g/mol. The fourth-order valence-electron chi connectivity index (χ4n) is 1.42. The normalized spacial score (nSPS) is 9.81. The molecule has 0 amide bonds. The lowest BCUT2D eigenvalue weighted by Gasteiger charge is -2.04. The molecule has 2 N–H and O–H groups in total. The molecule has 0 aliphatic rings. The Balaban J connectivity index is 2.31. The maximum atomic E-state index is 10.8. The average Bonchev–Trinajstić information content (AvgIpc) is 2.34. The number of carbonyl (C=O) groups is 1. The van der Waals surface area contributed by atoms with Crippen LogP contribution in [0.15, 0.2) is 36.9 Å². The van der Waals surface area contributed by atoms with E-state index in [0.29, 0.717) is 13.2 Å². The molecule has 0 atom stereocenters. The van der Waals surface area contributed by atoms with Gasteiger partial charge in [0.25, 0.3) is 0 Å². The molecule has 1 aromatic rings. The van der Waals surface area contributed by atoms with Gasteiger partial charge in [-0.3, -0.25) is 0 Å². The van der Waals surface area contributed by atoms with E-state index in [1.54, 1.807) is 0 Å². The maximum absolute atomic E-state index is 10.8. The third-order valence-electron chi connectivity index (χ3n) is 2.25. The van der Waals surface area contributed by atoms with E-state index < -0.39 is 0 Å². The monoisotopic (exact) mass is 219 g/mol. The van der Waals surface area contributed by atoms with Crippen molar-refractivity contribution in [1.29, 1.82) is 0 Å². The number of hydrogen-bond donors (Lipinski definition) is 1. The highest BCUT2D eigenvalue weighted by atomic mass is 16.5. The highest BCUT2D eigenvalue weighted by Gasteiger charge is 1.97. The summed E-state index contributed by atoms with van der Waals surface area (Å²) in [5, 5.41) is 0.